The van der Waals surface area contributed by atoms with E-state index < -0.39 is 0 Å². The van der Waals surface area contributed by atoms with Gasteiger partial charge in [0.05, 0.1) is 0 Å². The SMILES string of the molecule is Cc1c(Cl)cccc1Nc1ncnc(Nc2ccc(Oc3ccccc3)cc2)c1N. The van der Waals surface area contributed by atoms with Crippen molar-refractivity contribution in [2.45, 2.75) is 6.92 Å². The van der Waals surface area contributed by atoms with E-state index in [2.05, 4.69) is 20.6 Å². The van der Waals surface area contributed by atoms with Crippen LogP contribution < -0.4 is 21.1 Å². The lowest BCUT2D eigenvalue weighted by molar-refractivity contribution is 0.483. The number of hydrogen-bond acceptors (Lipinski definition) is 6. The van der Waals surface area contributed by atoms with E-state index in [1.807, 2.05) is 79.7 Å². The maximum absolute atomic E-state index is 6.29. The molecule has 150 valence electrons. The molecule has 0 atom stereocenters. The molecule has 3 aromatic carbocycles. The summed E-state index contributed by atoms with van der Waals surface area (Å²) in [5, 5.41) is 7.11. The number of nitrogens with two attached hydrogens (primary N) is 1. The Morgan fingerprint density at radius 3 is 2.20 bits per heavy atom. The Morgan fingerprint density at radius 1 is 0.800 bits per heavy atom. The number of nitrogens with zero attached hydrogens (tertiary/aromatic N) is 2. The molecule has 7 heteroatoms. The van der Waals surface area contributed by atoms with Gasteiger partial charge in [-0.2, -0.15) is 0 Å². The minimum Gasteiger partial charge on any atom is -0.457 e. The molecule has 4 N–H and O–H groups in total. The molecule has 1 heterocycles. The maximum Gasteiger partial charge on any atom is 0.159 e. The van der Waals surface area contributed by atoms with Gasteiger partial charge in [-0.15, -0.1) is 0 Å². The van der Waals surface area contributed by atoms with Crippen LogP contribution in [0.5, 0.6) is 11.5 Å². The van der Waals surface area contributed by atoms with Gasteiger partial charge in [0.2, 0.25) is 0 Å². The van der Waals surface area contributed by atoms with Crippen molar-refractivity contribution in [3.63, 3.8) is 0 Å². The summed E-state index contributed by atoms with van der Waals surface area (Å²) < 4.78 is 5.81. The summed E-state index contributed by atoms with van der Waals surface area (Å²) in [6.07, 6.45) is 1.45. The van der Waals surface area contributed by atoms with E-state index in [4.69, 9.17) is 22.1 Å². The van der Waals surface area contributed by atoms with Crippen LogP contribution in [0.25, 0.3) is 0 Å². The molecule has 0 saturated carbocycles. The van der Waals surface area contributed by atoms with Gasteiger partial charge in [0.15, 0.2) is 11.6 Å². The molecule has 0 saturated heterocycles. The van der Waals surface area contributed by atoms with E-state index in [0.717, 1.165) is 28.4 Å². The minimum absolute atomic E-state index is 0.404. The van der Waals surface area contributed by atoms with Gasteiger partial charge < -0.3 is 21.1 Å². The first kappa shape index (κ1) is 19.5. The molecule has 0 radical (unpaired) electrons. The second-order valence-electron chi connectivity index (χ2n) is 6.59. The van der Waals surface area contributed by atoms with E-state index in [1.54, 1.807) is 0 Å². The van der Waals surface area contributed by atoms with Crippen LogP contribution in [0.2, 0.25) is 5.02 Å². The summed E-state index contributed by atoms with van der Waals surface area (Å²) in [5.41, 5.74) is 9.27. The molecule has 0 aliphatic rings. The molecule has 6 nitrogen and oxygen atoms in total. The number of aromatic nitrogens is 2. The average Bonchev–Trinajstić information content (AvgIpc) is 2.76. The fourth-order valence-electron chi connectivity index (χ4n) is 2.83. The predicted octanol–water partition coefficient (Wildman–Crippen LogP) is 6.30. The summed E-state index contributed by atoms with van der Waals surface area (Å²) in [6.45, 7) is 1.93. The number of anilines is 5. The van der Waals surface area contributed by atoms with Crippen molar-refractivity contribution >= 4 is 40.3 Å². The van der Waals surface area contributed by atoms with Crippen molar-refractivity contribution in [2.75, 3.05) is 16.4 Å². The summed E-state index contributed by atoms with van der Waals surface area (Å²) in [5.74, 6) is 2.53. The van der Waals surface area contributed by atoms with Crippen LogP contribution in [0.1, 0.15) is 5.56 Å². The number of nitrogen functional groups attached to an aromatic ring is 1. The van der Waals surface area contributed by atoms with Crippen molar-refractivity contribution < 1.29 is 4.74 Å². The standard InChI is InChI=1S/C23H20ClN5O/c1-15-19(24)8-5-9-20(15)29-23-21(25)22(26-14-27-23)28-16-10-12-18(13-11-16)30-17-6-3-2-4-7-17/h2-14H,25H2,1H3,(H2,26,27,28,29). The molecule has 1 aromatic heterocycles. The highest BCUT2D eigenvalue weighted by Gasteiger charge is 2.11. The lowest BCUT2D eigenvalue weighted by Gasteiger charge is -2.14. The fraction of sp³-hybridized carbons (Fsp3) is 0.0435. The molecule has 4 rings (SSSR count). The molecular formula is C23H20ClN5O. The zero-order valence-electron chi connectivity index (χ0n) is 16.3. The molecule has 0 aliphatic heterocycles. The Balaban J connectivity index is 1.50. The largest absolute Gasteiger partial charge is 0.457 e. The summed E-state index contributed by atoms with van der Waals surface area (Å²) in [4.78, 5) is 8.52. The number of rotatable bonds is 6. The first-order valence-corrected chi connectivity index (χ1v) is 9.70. The van der Waals surface area contributed by atoms with E-state index in [9.17, 15) is 0 Å². The molecule has 0 amide bonds. The molecule has 0 fully saturated rings. The summed E-state index contributed by atoms with van der Waals surface area (Å²) >= 11 is 6.20. The third-order valence-electron chi connectivity index (χ3n) is 4.50. The quantitative estimate of drug-likeness (QED) is 0.341. The van der Waals surface area contributed by atoms with Crippen LogP contribution in [0.4, 0.5) is 28.7 Å². The van der Waals surface area contributed by atoms with Gasteiger partial charge in [0, 0.05) is 16.4 Å². The van der Waals surface area contributed by atoms with E-state index in [-0.39, 0.29) is 0 Å². The zero-order valence-corrected chi connectivity index (χ0v) is 17.0. The van der Waals surface area contributed by atoms with Gasteiger partial charge in [0.25, 0.3) is 0 Å². The second kappa shape index (κ2) is 8.71. The fourth-order valence-corrected chi connectivity index (χ4v) is 3.01. The maximum atomic E-state index is 6.29. The highest BCUT2D eigenvalue weighted by atomic mass is 35.5. The van der Waals surface area contributed by atoms with E-state index >= 15 is 0 Å². The van der Waals surface area contributed by atoms with Crippen LogP contribution in [-0.4, -0.2) is 9.97 Å². The monoisotopic (exact) mass is 417 g/mol. The predicted molar refractivity (Wildman–Crippen MR) is 122 cm³/mol. The first-order valence-electron chi connectivity index (χ1n) is 9.33. The summed E-state index contributed by atoms with van der Waals surface area (Å²) in [6, 6.07) is 22.8. The van der Waals surface area contributed by atoms with Gasteiger partial charge in [-0.05, 0) is 61.0 Å². The molecule has 0 aliphatic carbocycles. The zero-order chi connectivity index (χ0) is 20.9. The lowest BCUT2D eigenvalue weighted by atomic mass is 10.2. The molecule has 0 unspecified atom stereocenters. The molecule has 0 spiro atoms. The van der Waals surface area contributed by atoms with Crippen LogP contribution >= 0.6 is 11.6 Å². The third kappa shape index (κ3) is 4.45. The van der Waals surface area contributed by atoms with Crippen molar-refractivity contribution in [2.24, 2.45) is 0 Å². The number of ether oxygens (including phenoxy) is 1. The first-order chi connectivity index (χ1) is 14.6. The summed E-state index contributed by atoms with van der Waals surface area (Å²) in [7, 11) is 0. The Morgan fingerprint density at radius 2 is 1.47 bits per heavy atom. The van der Waals surface area contributed by atoms with Crippen LogP contribution in [0.15, 0.2) is 79.1 Å². The van der Waals surface area contributed by atoms with E-state index in [1.165, 1.54) is 6.33 Å². The Bertz CT molecular complexity index is 1150. The smallest absolute Gasteiger partial charge is 0.159 e. The van der Waals surface area contributed by atoms with Gasteiger partial charge in [-0.3, -0.25) is 0 Å². The van der Waals surface area contributed by atoms with Crippen LogP contribution in [0.3, 0.4) is 0 Å². The van der Waals surface area contributed by atoms with Crippen molar-refractivity contribution in [3.8, 4) is 11.5 Å². The molecule has 4 aromatic rings. The Labute approximate surface area is 179 Å². The van der Waals surface area contributed by atoms with Crippen molar-refractivity contribution in [1.82, 2.24) is 9.97 Å². The van der Waals surface area contributed by atoms with Gasteiger partial charge in [-0.25, -0.2) is 9.97 Å². The van der Waals surface area contributed by atoms with Gasteiger partial charge in [0.1, 0.15) is 23.5 Å². The number of para-hydroxylation sites is 1. The topological polar surface area (TPSA) is 85.1 Å². The lowest BCUT2D eigenvalue weighted by Crippen LogP contribution is -2.05. The van der Waals surface area contributed by atoms with Crippen molar-refractivity contribution in [1.29, 1.82) is 0 Å². The van der Waals surface area contributed by atoms with Gasteiger partial charge >= 0.3 is 0 Å². The Hall–Kier alpha value is -3.77. The number of halogens is 1. The Kier molecular flexibility index (Phi) is 5.68. The average molecular weight is 418 g/mol. The highest BCUT2D eigenvalue weighted by Crippen LogP contribution is 2.31. The number of benzene rings is 3. The van der Waals surface area contributed by atoms with Crippen molar-refractivity contribution in [3.05, 3.63) is 89.7 Å². The molecular weight excluding hydrogens is 398 g/mol. The normalized spacial score (nSPS) is 10.5. The molecule has 30 heavy (non-hydrogen) atoms. The van der Waals surface area contributed by atoms with Crippen LogP contribution in [0, 0.1) is 6.92 Å². The molecule has 0 bridgehead atoms. The van der Waals surface area contributed by atoms with E-state index in [0.29, 0.717) is 22.3 Å². The third-order valence-corrected chi connectivity index (χ3v) is 4.91. The van der Waals surface area contributed by atoms with Crippen LogP contribution in [-0.2, 0) is 0 Å². The number of nitrogens with one attached hydrogen (secondary N) is 2. The second-order valence-corrected chi connectivity index (χ2v) is 6.99. The van der Waals surface area contributed by atoms with Gasteiger partial charge in [-0.1, -0.05) is 35.9 Å². The highest BCUT2D eigenvalue weighted by molar-refractivity contribution is 6.31. The minimum atomic E-state index is 0.404. The number of hydrogen-bond donors (Lipinski definition) is 3.